The molecule has 0 saturated heterocycles. The van der Waals surface area contributed by atoms with Crippen molar-refractivity contribution < 1.29 is 4.79 Å². The third-order valence-electron chi connectivity index (χ3n) is 4.16. The zero-order valence-electron chi connectivity index (χ0n) is 13.5. The number of amides is 2. The van der Waals surface area contributed by atoms with Gasteiger partial charge in [0.15, 0.2) is 0 Å². The van der Waals surface area contributed by atoms with E-state index >= 15 is 0 Å². The van der Waals surface area contributed by atoms with Crippen LogP contribution in [-0.4, -0.2) is 29.3 Å². The maximum Gasteiger partial charge on any atom is 0.325 e. The summed E-state index contributed by atoms with van der Waals surface area (Å²) in [5.41, 5.74) is 0.668. The minimum Gasteiger partial charge on any atom is -0.347 e. The number of nitrogens with zero attached hydrogens (tertiary/aromatic N) is 3. The molecule has 1 aliphatic carbocycles. The number of urea groups is 1. The number of benzene rings is 1. The standard InChI is InChI=1S/C16H20ClN5OS/c1-22(13-5-3-2-4-6-13)16-21-20-15(24-16)19-14(23)18-12-9-7-11(17)8-10-12/h7-10,13H,2-6H2,1H3,(H2,18,19,20,23). The molecule has 0 atom stereocenters. The minimum absolute atomic E-state index is 0.347. The molecule has 0 radical (unpaired) electrons. The van der Waals surface area contributed by atoms with Gasteiger partial charge in [-0.2, -0.15) is 0 Å². The van der Waals surface area contributed by atoms with E-state index in [4.69, 9.17) is 11.6 Å². The third-order valence-corrected chi connectivity index (χ3v) is 5.34. The second-order valence-electron chi connectivity index (χ2n) is 5.88. The highest BCUT2D eigenvalue weighted by atomic mass is 35.5. The van der Waals surface area contributed by atoms with Crippen molar-refractivity contribution in [2.75, 3.05) is 22.6 Å². The van der Waals surface area contributed by atoms with Crippen LogP contribution in [0.4, 0.5) is 20.7 Å². The monoisotopic (exact) mass is 365 g/mol. The summed E-state index contributed by atoms with van der Waals surface area (Å²) in [4.78, 5) is 14.2. The summed E-state index contributed by atoms with van der Waals surface area (Å²) in [6.07, 6.45) is 6.23. The first-order valence-corrected chi connectivity index (χ1v) is 9.21. The molecule has 1 aliphatic rings. The lowest BCUT2D eigenvalue weighted by atomic mass is 9.95. The van der Waals surface area contributed by atoms with Crippen LogP contribution in [0.15, 0.2) is 24.3 Å². The van der Waals surface area contributed by atoms with Gasteiger partial charge in [-0.3, -0.25) is 5.32 Å². The Hall–Kier alpha value is -1.86. The lowest BCUT2D eigenvalue weighted by Crippen LogP contribution is -2.33. The fourth-order valence-corrected chi connectivity index (χ4v) is 3.72. The van der Waals surface area contributed by atoms with Gasteiger partial charge in [0, 0.05) is 23.8 Å². The van der Waals surface area contributed by atoms with E-state index in [1.54, 1.807) is 24.3 Å². The molecule has 128 valence electrons. The van der Waals surface area contributed by atoms with Crippen molar-refractivity contribution in [3.05, 3.63) is 29.3 Å². The lowest BCUT2D eigenvalue weighted by Gasteiger charge is -2.30. The van der Waals surface area contributed by atoms with Crippen LogP contribution in [0.2, 0.25) is 5.02 Å². The maximum atomic E-state index is 12.0. The predicted octanol–water partition coefficient (Wildman–Crippen LogP) is 4.60. The van der Waals surface area contributed by atoms with Crippen molar-refractivity contribution >= 4 is 44.9 Å². The van der Waals surface area contributed by atoms with E-state index in [2.05, 4.69) is 25.7 Å². The van der Waals surface area contributed by atoms with E-state index in [0.29, 0.717) is 21.9 Å². The largest absolute Gasteiger partial charge is 0.347 e. The second-order valence-corrected chi connectivity index (χ2v) is 7.27. The van der Waals surface area contributed by atoms with Gasteiger partial charge in [0.25, 0.3) is 0 Å². The molecular formula is C16H20ClN5OS. The SMILES string of the molecule is CN(c1nnc(NC(=O)Nc2ccc(Cl)cc2)s1)C1CCCCC1. The molecule has 1 fully saturated rings. The summed E-state index contributed by atoms with van der Waals surface area (Å²) in [5.74, 6) is 0. The first-order valence-electron chi connectivity index (χ1n) is 8.02. The highest BCUT2D eigenvalue weighted by Crippen LogP contribution is 2.29. The number of anilines is 3. The predicted molar refractivity (Wildman–Crippen MR) is 99.3 cm³/mol. The summed E-state index contributed by atoms with van der Waals surface area (Å²) in [6.45, 7) is 0. The fourth-order valence-electron chi connectivity index (χ4n) is 2.83. The number of carbonyl (C=O) groups is 1. The van der Waals surface area contributed by atoms with Gasteiger partial charge in [-0.15, -0.1) is 10.2 Å². The molecule has 0 bridgehead atoms. The average molecular weight is 366 g/mol. The molecule has 0 unspecified atom stereocenters. The molecule has 1 heterocycles. The zero-order chi connectivity index (χ0) is 16.9. The normalized spacial score (nSPS) is 15.1. The van der Waals surface area contributed by atoms with Gasteiger partial charge in [0.05, 0.1) is 0 Å². The van der Waals surface area contributed by atoms with Crippen molar-refractivity contribution in [1.29, 1.82) is 0 Å². The zero-order valence-corrected chi connectivity index (χ0v) is 15.0. The van der Waals surface area contributed by atoms with Gasteiger partial charge < -0.3 is 10.2 Å². The molecule has 1 aromatic carbocycles. The summed E-state index contributed by atoms with van der Waals surface area (Å²) < 4.78 is 0. The Morgan fingerprint density at radius 1 is 1.17 bits per heavy atom. The van der Waals surface area contributed by atoms with E-state index in [9.17, 15) is 4.79 Å². The van der Waals surface area contributed by atoms with Gasteiger partial charge in [0.2, 0.25) is 10.3 Å². The molecule has 3 rings (SSSR count). The summed E-state index contributed by atoms with van der Waals surface area (Å²) in [6, 6.07) is 7.09. The van der Waals surface area contributed by atoms with Crippen molar-refractivity contribution in [3.63, 3.8) is 0 Å². The van der Waals surface area contributed by atoms with Gasteiger partial charge in [-0.05, 0) is 37.1 Å². The quantitative estimate of drug-likeness (QED) is 0.830. The molecule has 24 heavy (non-hydrogen) atoms. The number of nitrogens with one attached hydrogen (secondary N) is 2. The summed E-state index contributed by atoms with van der Waals surface area (Å²) >= 11 is 7.21. The Kier molecular flexibility index (Phi) is 5.52. The van der Waals surface area contributed by atoms with Gasteiger partial charge in [0.1, 0.15) is 0 Å². The molecule has 0 spiro atoms. The highest BCUT2D eigenvalue weighted by Gasteiger charge is 2.21. The van der Waals surface area contributed by atoms with E-state index < -0.39 is 0 Å². The van der Waals surface area contributed by atoms with E-state index in [-0.39, 0.29) is 6.03 Å². The van der Waals surface area contributed by atoms with Crippen LogP contribution < -0.4 is 15.5 Å². The summed E-state index contributed by atoms with van der Waals surface area (Å²) in [7, 11) is 2.05. The Balaban J connectivity index is 1.56. The molecule has 2 N–H and O–H groups in total. The van der Waals surface area contributed by atoms with Crippen molar-refractivity contribution in [2.45, 2.75) is 38.1 Å². The van der Waals surface area contributed by atoms with Crippen LogP contribution in [0.1, 0.15) is 32.1 Å². The van der Waals surface area contributed by atoms with Gasteiger partial charge in [-0.25, -0.2) is 4.79 Å². The van der Waals surface area contributed by atoms with Crippen LogP contribution in [0.3, 0.4) is 0 Å². The first kappa shape index (κ1) is 17.0. The first-order chi connectivity index (χ1) is 11.6. The fraction of sp³-hybridized carbons (Fsp3) is 0.438. The Labute approximate surface area is 150 Å². The van der Waals surface area contributed by atoms with Crippen LogP contribution >= 0.6 is 22.9 Å². The minimum atomic E-state index is -0.347. The molecular weight excluding hydrogens is 346 g/mol. The number of hydrogen-bond donors (Lipinski definition) is 2. The molecule has 6 nitrogen and oxygen atoms in total. The third kappa shape index (κ3) is 4.36. The van der Waals surface area contributed by atoms with Crippen LogP contribution in [0, 0.1) is 0 Å². The Morgan fingerprint density at radius 2 is 1.88 bits per heavy atom. The van der Waals surface area contributed by atoms with Crippen LogP contribution in [0.25, 0.3) is 0 Å². The molecule has 0 aliphatic heterocycles. The molecule has 2 aromatic rings. The highest BCUT2D eigenvalue weighted by molar-refractivity contribution is 7.19. The topological polar surface area (TPSA) is 70.2 Å². The lowest BCUT2D eigenvalue weighted by molar-refractivity contribution is 0.262. The smallest absolute Gasteiger partial charge is 0.325 e. The molecule has 2 amide bonds. The van der Waals surface area contributed by atoms with Crippen molar-refractivity contribution in [1.82, 2.24) is 10.2 Å². The number of hydrogen-bond acceptors (Lipinski definition) is 5. The van der Waals surface area contributed by atoms with Crippen molar-refractivity contribution in [2.24, 2.45) is 0 Å². The summed E-state index contributed by atoms with van der Waals surface area (Å²) in [5, 5.41) is 15.7. The van der Waals surface area contributed by atoms with Crippen LogP contribution in [-0.2, 0) is 0 Å². The number of carbonyl (C=O) groups excluding carboxylic acids is 1. The number of halogens is 1. The maximum absolute atomic E-state index is 12.0. The number of aromatic nitrogens is 2. The van der Waals surface area contributed by atoms with E-state index in [0.717, 1.165) is 5.13 Å². The molecule has 1 saturated carbocycles. The van der Waals surface area contributed by atoms with E-state index in [1.807, 2.05) is 7.05 Å². The van der Waals surface area contributed by atoms with Crippen molar-refractivity contribution in [3.8, 4) is 0 Å². The second kappa shape index (κ2) is 7.81. The molecule has 1 aromatic heterocycles. The Bertz CT molecular complexity index is 684. The molecule has 8 heteroatoms. The van der Waals surface area contributed by atoms with Crippen LogP contribution in [0.5, 0.6) is 0 Å². The average Bonchev–Trinajstić information content (AvgIpc) is 3.05. The van der Waals surface area contributed by atoms with Gasteiger partial charge >= 0.3 is 6.03 Å². The van der Waals surface area contributed by atoms with E-state index in [1.165, 1.54) is 43.4 Å². The van der Waals surface area contributed by atoms with Gasteiger partial charge in [-0.1, -0.05) is 42.2 Å². The Morgan fingerprint density at radius 3 is 2.58 bits per heavy atom. The number of rotatable bonds is 4.